The van der Waals surface area contributed by atoms with E-state index in [-0.39, 0.29) is 0 Å². The molecule has 0 aliphatic rings. The van der Waals surface area contributed by atoms with Gasteiger partial charge >= 0.3 is 0 Å². The van der Waals surface area contributed by atoms with Crippen LogP contribution >= 0.6 is 11.3 Å². The van der Waals surface area contributed by atoms with Crippen molar-refractivity contribution in [3.63, 3.8) is 0 Å². The lowest BCUT2D eigenvalue weighted by atomic mass is 10.0. The molecule has 0 radical (unpaired) electrons. The summed E-state index contributed by atoms with van der Waals surface area (Å²) in [6.07, 6.45) is 0. The molecule has 0 unspecified atom stereocenters. The molecule has 0 aliphatic heterocycles. The van der Waals surface area contributed by atoms with Crippen LogP contribution in [0.15, 0.2) is 146 Å². The third kappa shape index (κ3) is 4.99. The van der Waals surface area contributed by atoms with E-state index in [0.29, 0.717) is 17.5 Å². The van der Waals surface area contributed by atoms with Crippen molar-refractivity contribution in [2.45, 2.75) is 0 Å². The van der Waals surface area contributed by atoms with Gasteiger partial charge in [0.25, 0.3) is 0 Å². The first-order valence-corrected chi connectivity index (χ1v) is 16.1. The Labute approximate surface area is 274 Å². The van der Waals surface area contributed by atoms with E-state index < -0.39 is 0 Å². The van der Waals surface area contributed by atoms with Crippen LogP contribution in [0.25, 0.3) is 87.9 Å². The number of hydrogen-bond acceptors (Lipinski definition) is 7. The highest BCUT2D eigenvalue weighted by Crippen LogP contribution is 2.36. The molecule has 0 atom stereocenters. The zero-order chi connectivity index (χ0) is 31.2. The van der Waals surface area contributed by atoms with Crippen molar-refractivity contribution < 1.29 is 0 Å². The molecule has 220 valence electrons. The molecule has 6 nitrogen and oxygen atoms in total. The summed E-state index contributed by atoms with van der Waals surface area (Å²) in [7, 11) is 0. The minimum Gasteiger partial charge on any atom is -0.247 e. The number of thiophene rings is 1. The fourth-order valence-corrected chi connectivity index (χ4v) is 6.99. The van der Waals surface area contributed by atoms with Gasteiger partial charge in [0.15, 0.2) is 17.5 Å². The molecule has 0 bridgehead atoms. The molecule has 4 heterocycles. The Morgan fingerprint density at radius 2 is 1.02 bits per heavy atom. The largest absolute Gasteiger partial charge is 0.247 e. The number of hydrogen-bond donors (Lipinski definition) is 0. The van der Waals surface area contributed by atoms with Crippen LogP contribution in [0.5, 0.6) is 0 Å². The Morgan fingerprint density at radius 3 is 1.79 bits per heavy atom. The second-order valence-corrected chi connectivity index (χ2v) is 12.3. The van der Waals surface area contributed by atoms with Crippen LogP contribution in [0.4, 0.5) is 0 Å². The van der Waals surface area contributed by atoms with Crippen molar-refractivity contribution in [2.24, 2.45) is 0 Å². The van der Waals surface area contributed by atoms with Gasteiger partial charge in [-0.05, 0) is 24.3 Å². The highest BCUT2D eigenvalue weighted by atomic mass is 32.1. The molecule has 9 aromatic rings. The quantitative estimate of drug-likeness (QED) is 0.191. The van der Waals surface area contributed by atoms with Crippen LogP contribution in [-0.4, -0.2) is 30.1 Å². The number of pyridine rings is 1. The van der Waals surface area contributed by atoms with Gasteiger partial charge in [-0.15, -0.1) is 21.5 Å². The monoisotopic (exact) mass is 620 g/mol. The number of rotatable bonds is 5. The van der Waals surface area contributed by atoms with Gasteiger partial charge < -0.3 is 0 Å². The maximum atomic E-state index is 5.19. The zero-order valence-electron chi connectivity index (χ0n) is 24.9. The van der Waals surface area contributed by atoms with Crippen molar-refractivity contribution in [1.29, 1.82) is 0 Å². The van der Waals surface area contributed by atoms with Crippen LogP contribution in [-0.2, 0) is 0 Å². The molecule has 47 heavy (non-hydrogen) atoms. The molecule has 0 spiro atoms. The maximum Gasteiger partial charge on any atom is 0.164 e. The van der Waals surface area contributed by atoms with E-state index in [1.807, 2.05) is 84.9 Å². The number of para-hydroxylation sites is 1. The van der Waals surface area contributed by atoms with Gasteiger partial charge in [0.2, 0.25) is 0 Å². The molecule has 5 aromatic carbocycles. The molecule has 4 aromatic heterocycles. The van der Waals surface area contributed by atoms with Crippen molar-refractivity contribution >= 4 is 42.5 Å². The van der Waals surface area contributed by atoms with Gasteiger partial charge in [-0.3, -0.25) is 0 Å². The van der Waals surface area contributed by atoms with Crippen LogP contribution < -0.4 is 0 Å². The van der Waals surface area contributed by atoms with E-state index in [4.69, 9.17) is 19.9 Å². The molecular weight excluding hydrogens is 597 g/mol. The molecule has 0 fully saturated rings. The summed E-state index contributed by atoms with van der Waals surface area (Å²) < 4.78 is 2.32. The van der Waals surface area contributed by atoms with Crippen molar-refractivity contribution in [3.05, 3.63) is 146 Å². The summed E-state index contributed by atoms with van der Waals surface area (Å²) in [4.78, 5) is 19.9. The van der Waals surface area contributed by atoms with E-state index in [9.17, 15) is 0 Å². The SMILES string of the molecule is c1ccc(-c2nc(-c3ccccc3)nc(-c3cccc(-c4ccc5cccc(-c6cc7sc8ccccc8c7nn6)c5n4)c3)n2)cc1. The third-order valence-corrected chi connectivity index (χ3v) is 9.34. The Morgan fingerprint density at radius 1 is 0.383 bits per heavy atom. The topological polar surface area (TPSA) is 77.3 Å². The van der Waals surface area contributed by atoms with Gasteiger partial charge in [0.1, 0.15) is 5.52 Å². The third-order valence-electron chi connectivity index (χ3n) is 8.23. The Kier molecular flexibility index (Phi) is 6.54. The summed E-state index contributed by atoms with van der Waals surface area (Å²) in [5.41, 5.74) is 8.14. The lowest BCUT2D eigenvalue weighted by Gasteiger charge is -2.10. The first-order chi connectivity index (χ1) is 23.3. The van der Waals surface area contributed by atoms with E-state index in [1.54, 1.807) is 11.3 Å². The van der Waals surface area contributed by atoms with E-state index in [0.717, 1.165) is 65.7 Å². The minimum atomic E-state index is 0.605. The molecular formula is C40H24N6S. The normalized spacial score (nSPS) is 11.4. The Bertz CT molecular complexity index is 2520. The van der Waals surface area contributed by atoms with E-state index >= 15 is 0 Å². The standard InChI is InChI=1S/C40H24N6S/c1-3-11-26(12-4-1)38-42-39(27-13-5-2-6-14-27)44-40(43-38)29-17-9-16-28(23-29)32-22-21-25-15-10-19-30(36(25)41-32)33-24-35-37(46-45-33)31-18-7-8-20-34(31)47-35/h1-24H. The summed E-state index contributed by atoms with van der Waals surface area (Å²) >= 11 is 1.74. The zero-order valence-corrected chi connectivity index (χ0v) is 25.8. The lowest BCUT2D eigenvalue weighted by Crippen LogP contribution is -2.00. The van der Waals surface area contributed by atoms with E-state index in [2.05, 4.69) is 70.9 Å². The molecule has 7 heteroatoms. The summed E-state index contributed by atoms with van der Waals surface area (Å²) in [5.74, 6) is 1.86. The predicted molar refractivity (Wildman–Crippen MR) is 191 cm³/mol. The molecule has 9 rings (SSSR count). The summed E-state index contributed by atoms with van der Waals surface area (Å²) in [5, 5.41) is 11.5. The maximum absolute atomic E-state index is 5.19. The Hall–Kier alpha value is -6.18. The lowest BCUT2D eigenvalue weighted by molar-refractivity contribution is 1.07. The average molecular weight is 621 g/mol. The fourth-order valence-electron chi connectivity index (χ4n) is 5.91. The van der Waals surface area contributed by atoms with Crippen molar-refractivity contribution in [1.82, 2.24) is 30.1 Å². The van der Waals surface area contributed by atoms with Gasteiger partial charge in [-0.25, -0.2) is 19.9 Å². The Balaban J connectivity index is 1.15. The fraction of sp³-hybridized carbons (Fsp3) is 0. The van der Waals surface area contributed by atoms with Crippen molar-refractivity contribution in [2.75, 3.05) is 0 Å². The number of nitrogens with zero attached hydrogens (tertiary/aromatic N) is 6. The first-order valence-electron chi connectivity index (χ1n) is 15.3. The van der Waals surface area contributed by atoms with Crippen LogP contribution in [0.1, 0.15) is 0 Å². The number of fused-ring (bicyclic) bond motifs is 4. The molecule has 0 saturated carbocycles. The van der Waals surface area contributed by atoms with E-state index in [1.165, 1.54) is 4.70 Å². The smallest absolute Gasteiger partial charge is 0.164 e. The highest BCUT2D eigenvalue weighted by Gasteiger charge is 2.15. The summed E-state index contributed by atoms with van der Waals surface area (Å²) in [6, 6.07) is 49.1. The average Bonchev–Trinajstić information content (AvgIpc) is 3.53. The molecule has 0 saturated heterocycles. The summed E-state index contributed by atoms with van der Waals surface area (Å²) in [6.45, 7) is 0. The number of aromatic nitrogens is 6. The predicted octanol–water partition coefficient (Wildman–Crippen LogP) is 9.91. The first kappa shape index (κ1) is 27.2. The molecule has 0 N–H and O–H groups in total. The van der Waals surface area contributed by atoms with Gasteiger partial charge in [0.05, 0.1) is 21.6 Å². The molecule has 0 amide bonds. The van der Waals surface area contributed by atoms with Crippen LogP contribution in [0.3, 0.4) is 0 Å². The van der Waals surface area contributed by atoms with Crippen molar-refractivity contribution in [3.8, 4) is 56.7 Å². The molecule has 0 aliphatic carbocycles. The highest BCUT2D eigenvalue weighted by molar-refractivity contribution is 7.25. The second kappa shape index (κ2) is 11.3. The van der Waals surface area contributed by atoms with Gasteiger partial charge in [-0.1, -0.05) is 121 Å². The van der Waals surface area contributed by atoms with Crippen LogP contribution in [0, 0.1) is 0 Å². The van der Waals surface area contributed by atoms with Crippen LogP contribution in [0.2, 0.25) is 0 Å². The number of benzene rings is 5. The second-order valence-electron chi connectivity index (χ2n) is 11.2. The van der Waals surface area contributed by atoms with Gasteiger partial charge in [-0.2, -0.15) is 0 Å². The van der Waals surface area contributed by atoms with Gasteiger partial charge in [0, 0.05) is 43.3 Å². The minimum absolute atomic E-state index is 0.605.